The summed E-state index contributed by atoms with van der Waals surface area (Å²) in [6.45, 7) is 0.604. The number of sulfonamides is 1. The average molecular weight is 414 g/mol. The number of piperazine rings is 1. The smallest absolute Gasteiger partial charge is 0.336 e. The first-order valence-electron chi connectivity index (χ1n) is 8.73. The van der Waals surface area contributed by atoms with Crippen LogP contribution in [0, 0.1) is 0 Å². The maximum atomic E-state index is 13.1. The Morgan fingerprint density at radius 2 is 1.82 bits per heavy atom. The summed E-state index contributed by atoms with van der Waals surface area (Å²) in [7, 11) is -4.11. The van der Waals surface area contributed by atoms with Gasteiger partial charge in [0.25, 0.3) is 5.91 Å². The fourth-order valence-corrected chi connectivity index (χ4v) is 5.87. The minimum Gasteiger partial charge on any atom is -0.336 e. The lowest BCUT2D eigenvalue weighted by Crippen LogP contribution is -2.57. The molecule has 11 heteroatoms. The maximum Gasteiger partial charge on any atom is 0.416 e. The molecule has 4 rings (SSSR count). The number of amides is 1. The van der Waals surface area contributed by atoms with E-state index in [1.807, 2.05) is 0 Å². The molecule has 0 saturated carbocycles. The van der Waals surface area contributed by atoms with Gasteiger partial charge in [0.05, 0.1) is 28.8 Å². The third kappa shape index (κ3) is 3.22. The van der Waals surface area contributed by atoms with Crippen LogP contribution in [-0.2, 0) is 21.0 Å². The third-order valence-corrected chi connectivity index (χ3v) is 7.25. The number of benzene rings is 1. The van der Waals surface area contributed by atoms with E-state index in [-0.39, 0.29) is 30.4 Å². The van der Waals surface area contributed by atoms with Gasteiger partial charge in [-0.3, -0.25) is 4.79 Å². The molecule has 0 radical (unpaired) electrons. The van der Waals surface area contributed by atoms with E-state index < -0.39 is 33.8 Å². The van der Waals surface area contributed by atoms with Gasteiger partial charge < -0.3 is 4.90 Å². The zero-order valence-corrected chi connectivity index (χ0v) is 15.4. The Morgan fingerprint density at radius 1 is 1.14 bits per heavy atom. The number of hydrogen-bond acceptors (Lipinski definition) is 5. The first kappa shape index (κ1) is 19.1. The first-order valence-corrected chi connectivity index (χ1v) is 10.2. The minimum atomic E-state index is -4.62. The van der Waals surface area contributed by atoms with Gasteiger partial charge in [-0.15, -0.1) is 0 Å². The Labute approximate surface area is 159 Å². The summed E-state index contributed by atoms with van der Waals surface area (Å²) in [4.78, 5) is 13.8. The van der Waals surface area contributed by atoms with Gasteiger partial charge in [0.1, 0.15) is 0 Å². The van der Waals surface area contributed by atoms with E-state index in [9.17, 15) is 26.4 Å². The van der Waals surface area contributed by atoms with Crippen molar-refractivity contribution in [3.63, 3.8) is 0 Å². The number of carbonyl (C=O) groups excluding carboxylic acids is 1. The van der Waals surface area contributed by atoms with Crippen LogP contribution in [0.5, 0.6) is 0 Å². The summed E-state index contributed by atoms with van der Waals surface area (Å²) < 4.78 is 66.4. The van der Waals surface area contributed by atoms with E-state index in [4.69, 9.17) is 0 Å². The van der Waals surface area contributed by atoms with E-state index >= 15 is 0 Å². The molecule has 7 nitrogen and oxygen atoms in total. The number of fused-ring (bicyclic) bond motifs is 2. The molecule has 2 saturated heterocycles. The van der Waals surface area contributed by atoms with Crippen LogP contribution >= 0.6 is 0 Å². The normalized spacial score (nSPS) is 25.2. The molecule has 0 aliphatic carbocycles. The first-order chi connectivity index (χ1) is 13.2. The number of rotatable bonds is 3. The van der Waals surface area contributed by atoms with Crippen molar-refractivity contribution in [2.45, 2.75) is 36.0 Å². The summed E-state index contributed by atoms with van der Waals surface area (Å²) in [5.41, 5.74) is -0.552. The standard InChI is InChI=1S/C17H17F3N4O3S/c18-17(19,20)12-2-1-3-15(6-12)28(26,27)24-13-4-5-14(24)10-23(9-13)16(25)11-7-21-22-8-11/h1-3,6-7,13-14H,4-5,8-10H2. The van der Waals surface area contributed by atoms with Crippen LogP contribution in [0.3, 0.4) is 0 Å². The molecule has 1 aromatic rings. The van der Waals surface area contributed by atoms with Crippen LogP contribution in [0.1, 0.15) is 18.4 Å². The fourth-order valence-electron chi connectivity index (χ4n) is 3.97. The molecule has 2 bridgehead atoms. The largest absolute Gasteiger partial charge is 0.416 e. The number of azo groups is 1. The molecule has 3 heterocycles. The minimum absolute atomic E-state index is 0.199. The molecular weight excluding hydrogens is 397 g/mol. The monoisotopic (exact) mass is 414 g/mol. The molecule has 2 atom stereocenters. The van der Waals surface area contributed by atoms with Crippen molar-refractivity contribution in [3.8, 4) is 0 Å². The van der Waals surface area contributed by atoms with Gasteiger partial charge in [-0.25, -0.2) is 8.42 Å². The molecule has 1 amide bonds. The summed E-state index contributed by atoms with van der Waals surface area (Å²) in [6, 6.07) is 2.86. The highest BCUT2D eigenvalue weighted by molar-refractivity contribution is 7.89. The topological polar surface area (TPSA) is 82.4 Å². The van der Waals surface area contributed by atoms with Crippen LogP contribution in [-0.4, -0.2) is 55.2 Å². The lowest BCUT2D eigenvalue weighted by Gasteiger charge is -2.40. The molecule has 0 aromatic heterocycles. The maximum absolute atomic E-state index is 13.1. The van der Waals surface area contributed by atoms with Gasteiger partial charge >= 0.3 is 6.18 Å². The van der Waals surface area contributed by atoms with Gasteiger partial charge in [-0.1, -0.05) is 6.07 Å². The van der Waals surface area contributed by atoms with Crippen molar-refractivity contribution in [1.29, 1.82) is 0 Å². The molecular formula is C17H17F3N4O3S. The summed E-state index contributed by atoms with van der Waals surface area (Å²) in [5, 5.41) is 7.42. The molecule has 2 fully saturated rings. The number of carbonyl (C=O) groups is 1. The quantitative estimate of drug-likeness (QED) is 0.762. The molecule has 1 aromatic carbocycles. The van der Waals surface area contributed by atoms with Crippen LogP contribution in [0.25, 0.3) is 0 Å². The molecule has 3 aliphatic rings. The predicted molar refractivity (Wildman–Crippen MR) is 91.7 cm³/mol. The Balaban J connectivity index is 1.58. The van der Waals surface area contributed by atoms with E-state index in [1.54, 1.807) is 4.90 Å². The molecule has 0 spiro atoms. The van der Waals surface area contributed by atoms with E-state index in [2.05, 4.69) is 10.2 Å². The van der Waals surface area contributed by atoms with Gasteiger partial charge in [-0.05, 0) is 31.0 Å². The highest BCUT2D eigenvalue weighted by atomic mass is 32.2. The van der Waals surface area contributed by atoms with Gasteiger partial charge in [0, 0.05) is 25.2 Å². The van der Waals surface area contributed by atoms with Crippen molar-refractivity contribution in [2.75, 3.05) is 19.6 Å². The highest BCUT2D eigenvalue weighted by Crippen LogP contribution is 2.37. The van der Waals surface area contributed by atoms with E-state index in [0.29, 0.717) is 24.5 Å². The zero-order valence-electron chi connectivity index (χ0n) is 14.6. The molecule has 0 N–H and O–H groups in total. The van der Waals surface area contributed by atoms with E-state index in [1.165, 1.54) is 16.6 Å². The second kappa shape index (κ2) is 6.66. The van der Waals surface area contributed by atoms with Crippen molar-refractivity contribution >= 4 is 15.9 Å². The zero-order chi connectivity index (χ0) is 20.1. The van der Waals surface area contributed by atoms with Gasteiger partial charge in [-0.2, -0.15) is 27.7 Å². The van der Waals surface area contributed by atoms with Crippen molar-refractivity contribution in [1.82, 2.24) is 9.21 Å². The highest BCUT2D eigenvalue weighted by Gasteiger charge is 2.48. The molecule has 28 heavy (non-hydrogen) atoms. The Bertz CT molecular complexity index is 960. The lowest BCUT2D eigenvalue weighted by molar-refractivity contribution is -0.137. The second-order valence-corrected chi connectivity index (χ2v) is 8.87. The summed E-state index contributed by atoms with van der Waals surface area (Å²) in [5.74, 6) is -0.224. The SMILES string of the molecule is O=C(C1=CN=NC1)N1CC2CCC(C1)N2S(=O)(=O)c1cccc(C(F)(F)F)c1. The van der Waals surface area contributed by atoms with Crippen molar-refractivity contribution in [2.24, 2.45) is 10.2 Å². The second-order valence-electron chi connectivity index (χ2n) is 7.03. The van der Waals surface area contributed by atoms with E-state index in [0.717, 1.165) is 12.1 Å². The lowest BCUT2D eigenvalue weighted by atomic mass is 10.2. The third-order valence-electron chi connectivity index (χ3n) is 5.25. The average Bonchev–Trinajstić information content (AvgIpc) is 3.27. The van der Waals surface area contributed by atoms with Gasteiger partial charge in [0.15, 0.2) is 0 Å². The Hall–Kier alpha value is -2.27. The molecule has 2 unspecified atom stereocenters. The Morgan fingerprint density at radius 3 is 2.39 bits per heavy atom. The number of hydrogen-bond donors (Lipinski definition) is 0. The van der Waals surface area contributed by atoms with Gasteiger partial charge in [0.2, 0.25) is 10.0 Å². The summed E-state index contributed by atoms with van der Waals surface area (Å²) >= 11 is 0. The van der Waals surface area contributed by atoms with Crippen LogP contribution in [0.15, 0.2) is 51.2 Å². The predicted octanol–water partition coefficient (Wildman–Crippen LogP) is 2.42. The molecule has 150 valence electrons. The number of alkyl halides is 3. The molecule has 3 aliphatic heterocycles. The van der Waals surface area contributed by atoms with Crippen molar-refractivity contribution < 1.29 is 26.4 Å². The van der Waals surface area contributed by atoms with Crippen LogP contribution in [0.2, 0.25) is 0 Å². The number of nitrogens with zero attached hydrogens (tertiary/aromatic N) is 4. The fraction of sp³-hybridized carbons (Fsp3) is 0.471. The number of likely N-dealkylation sites (tertiary alicyclic amines) is 1. The van der Waals surface area contributed by atoms with Crippen LogP contribution in [0.4, 0.5) is 13.2 Å². The van der Waals surface area contributed by atoms with Crippen LogP contribution < -0.4 is 0 Å². The summed E-state index contributed by atoms with van der Waals surface area (Å²) in [6.07, 6.45) is -2.11. The Kier molecular flexibility index (Phi) is 4.53. The number of halogens is 3. The van der Waals surface area contributed by atoms with Crippen molar-refractivity contribution in [3.05, 3.63) is 41.6 Å².